The first kappa shape index (κ1) is 23.4. The van der Waals surface area contributed by atoms with Crippen molar-refractivity contribution < 1.29 is 34.4 Å². The Morgan fingerprint density at radius 2 is 1.94 bits per heavy atom. The van der Waals surface area contributed by atoms with Crippen LogP contribution in [0, 0.1) is 22.7 Å². The monoisotopic (exact) mass is 464 g/mol. The maximum atomic E-state index is 13.1. The second-order valence-corrected chi connectivity index (χ2v) is 10.8. The zero-order chi connectivity index (χ0) is 23.9. The molecule has 0 aromatic carbocycles. The third-order valence-corrected chi connectivity index (χ3v) is 9.55. The predicted octanol–water partition coefficient (Wildman–Crippen LogP) is 1.63. The number of hydrogen-bond acceptors (Lipinski definition) is 7. The summed E-state index contributed by atoms with van der Waals surface area (Å²) in [4.78, 5) is 34.9. The fraction of sp³-hybridized carbons (Fsp3) is 0.625. The number of rotatable bonds is 3. The Kier molecular flexibility index (Phi) is 5.18. The minimum atomic E-state index is -2.04. The van der Waals surface area contributed by atoms with Crippen molar-refractivity contribution in [3.63, 3.8) is 0 Å². The molecule has 0 radical (unpaired) electrons. The SMILES string of the molecule is C=C1C[C@H]2[C@@H]3[C@@H](O)CC4=CC(=O)C=C[C@]4(C)[C@@]3(Cl)[C@@H](O)C[C@]2(C)[C@@]1(O)C(=O)COC(C)=O. The first-order valence-electron chi connectivity index (χ1n) is 10.8. The van der Waals surface area contributed by atoms with Crippen LogP contribution in [0.15, 0.2) is 36.0 Å². The van der Waals surface area contributed by atoms with E-state index in [1.54, 1.807) is 13.0 Å². The standard InChI is InChI=1S/C24H29ClO7/c1-12-7-16-20-17(28)9-14-8-15(27)5-6-21(14,3)23(20,25)18(29)10-22(16,4)24(12,31)19(30)11-32-13(2)26/h5-6,8,16-18,20,28-29,31H,1,7,9-11H2,2-4H3/t16-,17-,18-,20+,21-,22-,23+,24-/m0/s1. The van der Waals surface area contributed by atoms with Gasteiger partial charge in [0.25, 0.3) is 0 Å². The molecular formula is C24H29ClO7. The number of fused-ring (bicyclic) bond motifs is 5. The molecule has 174 valence electrons. The normalized spacial score (nSPS) is 47.3. The zero-order valence-electron chi connectivity index (χ0n) is 18.4. The summed E-state index contributed by atoms with van der Waals surface area (Å²) in [5.41, 5.74) is -3.21. The summed E-state index contributed by atoms with van der Waals surface area (Å²) in [5.74, 6) is -2.72. The summed E-state index contributed by atoms with van der Waals surface area (Å²) in [7, 11) is 0. The molecule has 7 nitrogen and oxygen atoms in total. The molecule has 4 aliphatic carbocycles. The topological polar surface area (TPSA) is 121 Å². The second-order valence-electron chi connectivity index (χ2n) is 10.1. The maximum absolute atomic E-state index is 13.1. The number of esters is 1. The highest BCUT2D eigenvalue weighted by Gasteiger charge is 2.75. The van der Waals surface area contributed by atoms with Crippen molar-refractivity contribution >= 4 is 29.1 Å². The predicted molar refractivity (Wildman–Crippen MR) is 116 cm³/mol. The van der Waals surface area contributed by atoms with E-state index < -0.39 is 63.7 Å². The van der Waals surface area contributed by atoms with Crippen LogP contribution < -0.4 is 0 Å². The van der Waals surface area contributed by atoms with Gasteiger partial charge in [-0.15, -0.1) is 11.6 Å². The van der Waals surface area contributed by atoms with Crippen molar-refractivity contribution in [1.29, 1.82) is 0 Å². The van der Waals surface area contributed by atoms with Gasteiger partial charge in [0, 0.05) is 23.7 Å². The average Bonchev–Trinajstić information content (AvgIpc) is 2.89. The van der Waals surface area contributed by atoms with Gasteiger partial charge in [-0.1, -0.05) is 32.1 Å². The molecule has 0 saturated heterocycles. The van der Waals surface area contributed by atoms with Gasteiger partial charge < -0.3 is 20.1 Å². The first-order chi connectivity index (χ1) is 14.7. The summed E-state index contributed by atoms with van der Waals surface area (Å²) in [6.45, 7) is 8.06. The minimum Gasteiger partial charge on any atom is -0.458 e. The van der Waals surface area contributed by atoms with Crippen LogP contribution in [0.4, 0.5) is 0 Å². The number of alkyl halides is 1. The lowest BCUT2D eigenvalue weighted by Crippen LogP contribution is -2.71. The average molecular weight is 465 g/mol. The van der Waals surface area contributed by atoms with Gasteiger partial charge in [-0.2, -0.15) is 0 Å². The Morgan fingerprint density at radius 3 is 2.56 bits per heavy atom. The van der Waals surface area contributed by atoms with Crippen molar-refractivity contribution in [3.8, 4) is 0 Å². The summed E-state index contributed by atoms with van der Waals surface area (Å²) in [5, 5.41) is 34.3. The molecule has 3 fully saturated rings. The van der Waals surface area contributed by atoms with E-state index in [1.807, 2.05) is 6.92 Å². The van der Waals surface area contributed by atoms with E-state index in [4.69, 9.17) is 16.3 Å². The summed E-state index contributed by atoms with van der Waals surface area (Å²) >= 11 is 7.26. The minimum absolute atomic E-state index is 0.0314. The molecule has 0 aromatic heterocycles. The van der Waals surface area contributed by atoms with E-state index in [1.165, 1.54) is 19.1 Å². The molecule has 0 bridgehead atoms. The molecule has 0 aromatic rings. The molecule has 0 heterocycles. The van der Waals surface area contributed by atoms with Gasteiger partial charge in [-0.25, -0.2) is 0 Å². The molecule has 32 heavy (non-hydrogen) atoms. The lowest BCUT2D eigenvalue weighted by atomic mass is 9.45. The third kappa shape index (κ3) is 2.68. The molecule has 0 unspecified atom stereocenters. The molecule has 8 heteroatoms. The fourth-order valence-electron chi connectivity index (χ4n) is 6.95. The second kappa shape index (κ2) is 7.10. The number of Topliss-reactive ketones (excluding diaryl/α,β-unsaturated/α-hetero) is 1. The zero-order valence-corrected chi connectivity index (χ0v) is 19.2. The summed E-state index contributed by atoms with van der Waals surface area (Å²) in [6.07, 6.45) is 2.77. The van der Waals surface area contributed by atoms with Crippen LogP contribution in [-0.4, -0.2) is 62.1 Å². The number of aliphatic hydroxyl groups is 3. The summed E-state index contributed by atoms with van der Waals surface area (Å²) < 4.78 is 4.85. The Morgan fingerprint density at radius 1 is 1.28 bits per heavy atom. The molecule has 4 aliphatic rings. The molecule has 3 N–H and O–H groups in total. The van der Waals surface area contributed by atoms with Crippen molar-refractivity contribution in [2.75, 3.05) is 6.61 Å². The Labute approximate surface area is 191 Å². The van der Waals surface area contributed by atoms with Gasteiger partial charge in [0.1, 0.15) is 0 Å². The molecule has 8 atom stereocenters. The van der Waals surface area contributed by atoms with Crippen molar-refractivity contribution in [1.82, 2.24) is 0 Å². The van der Waals surface area contributed by atoms with E-state index in [0.717, 1.165) is 0 Å². The van der Waals surface area contributed by atoms with E-state index in [0.29, 0.717) is 5.57 Å². The lowest BCUT2D eigenvalue weighted by Gasteiger charge is -2.64. The number of halogens is 1. The highest BCUT2D eigenvalue weighted by molar-refractivity contribution is 6.26. The van der Waals surface area contributed by atoms with E-state index in [2.05, 4.69) is 6.58 Å². The van der Waals surface area contributed by atoms with Crippen LogP contribution in [0.5, 0.6) is 0 Å². The van der Waals surface area contributed by atoms with Crippen LogP contribution in [0.2, 0.25) is 0 Å². The van der Waals surface area contributed by atoms with Crippen molar-refractivity contribution in [3.05, 3.63) is 36.0 Å². The lowest BCUT2D eigenvalue weighted by molar-refractivity contribution is -0.182. The van der Waals surface area contributed by atoms with Crippen LogP contribution >= 0.6 is 11.6 Å². The molecule has 0 amide bonds. The number of allylic oxidation sites excluding steroid dienone is 3. The number of carbonyl (C=O) groups excluding carboxylic acids is 3. The van der Waals surface area contributed by atoms with E-state index in [-0.39, 0.29) is 30.6 Å². The Bertz CT molecular complexity index is 985. The number of hydrogen-bond donors (Lipinski definition) is 3. The van der Waals surface area contributed by atoms with E-state index >= 15 is 0 Å². The van der Waals surface area contributed by atoms with Crippen LogP contribution in [0.25, 0.3) is 0 Å². The highest BCUT2D eigenvalue weighted by Crippen LogP contribution is 2.71. The molecule has 0 spiro atoms. The number of ether oxygens (including phenoxy) is 1. The van der Waals surface area contributed by atoms with Crippen molar-refractivity contribution in [2.24, 2.45) is 22.7 Å². The quantitative estimate of drug-likeness (QED) is 0.329. The van der Waals surface area contributed by atoms with Gasteiger partial charge in [-0.3, -0.25) is 14.4 Å². The van der Waals surface area contributed by atoms with Gasteiger partial charge in [-0.05, 0) is 42.9 Å². The molecular weight excluding hydrogens is 436 g/mol. The van der Waals surface area contributed by atoms with Gasteiger partial charge in [0.05, 0.1) is 17.1 Å². The maximum Gasteiger partial charge on any atom is 0.303 e. The first-order valence-corrected chi connectivity index (χ1v) is 11.2. The van der Waals surface area contributed by atoms with Gasteiger partial charge >= 0.3 is 5.97 Å². The van der Waals surface area contributed by atoms with Crippen LogP contribution in [0.3, 0.4) is 0 Å². The van der Waals surface area contributed by atoms with Gasteiger partial charge in [0.15, 0.2) is 18.0 Å². The third-order valence-electron chi connectivity index (χ3n) is 8.66. The number of carbonyl (C=O) groups is 3. The smallest absolute Gasteiger partial charge is 0.303 e. The Hall–Kier alpha value is -1.80. The molecule has 3 saturated carbocycles. The highest BCUT2D eigenvalue weighted by atomic mass is 35.5. The van der Waals surface area contributed by atoms with Crippen LogP contribution in [-0.2, 0) is 19.1 Å². The number of aliphatic hydroxyl groups excluding tert-OH is 2. The van der Waals surface area contributed by atoms with Gasteiger partial charge in [0.2, 0.25) is 5.78 Å². The largest absolute Gasteiger partial charge is 0.458 e. The molecule has 0 aliphatic heterocycles. The Balaban J connectivity index is 1.81. The number of ketones is 2. The van der Waals surface area contributed by atoms with Crippen molar-refractivity contribution in [2.45, 2.75) is 62.7 Å². The van der Waals surface area contributed by atoms with E-state index in [9.17, 15) is 29.7 Å². The van der Waals surface area contributed by atoms with Crippen LogP contribution in [0.1, 0.15) is 40.0 Å². The summed E-state index contributed by atoms with van der Waals surface area (Å²) in [6, 6.07) is 0. The molecule has 4 rings (SSSR count). The fourth-order valence-corrected chi connectivity index (χ4v) is 7.51.